The summed E-state index contributed by atoms with van der Waals surface area (Å²) in [5.74, 6) is 0. The van der Waals surface area contributed by atoms with Crippen molar-refractivity contribution < 1.29 is 5.11 Å². The summed E-state index contributed by atoms with van der Waals surface area (Å²) in [7, 11) is 1.96. The van der Waals surface area contributed by atoms with Gasteiger partial charge in [0, 0.05) is 12.4 Å². The zero-order chi connectivity index (χ0) is 11.5. The molecule has 86 valence electrons. The molecule has 1 aromatic heterocycles. The monoisotopic (exact) mass is 218 g/mol. The summed E-state index contributed by atoms with van der Waals surface area (Å²) in [5, 5.41) is 15.3. The second kappa shape index (κ2) is 4.66. The number of para-hydroxylation sites is 1. The molecule has 0 aliphatic carbocycles. The summed E-state index contributed by atoms with van der Waals surface area (Å²) in [5.41, 5.74) is 2.24. The van der Waals surface area contributed by atoms with E-state index in [1.165, 1.54) is 5.39 Å². The van der Waals surface area contributed by atoms with Gasteiger partial charge in [0.2, 0.25) is 0 Å². The van der Waals surface area contributed by atoms with Crippen molar-refractivity contribution in [3.05, 3.63) is 30.0 Å². The van der Waals surface area contributed by atoms with Crippen LogP contribution in [-0.4, -0.2) is 21.0 Å². The third-order valence-corrected chi connectivity index (χ3v) is 3.02. The van der Waals surface area contributed by atoms with E-state index in [0.717, 1.165) is 30.5 Å². The number of rotatable bonds is 4. The van der Waals surface area contributed by atoms with Crippen LogP contribution in [0.1, 0.15) is 25.5 Å². The molecule has 0 fully saturated rings. The third-order valence-electron chi connectivity index (χ3n) is 3.02. The molecule has 16 heavy (non-hydrogen) atoms. The molecule has 0 saturated heterocycles. The molecule has 0 amide bonds. The molecule has 0 aliphatic rings. The average molecular weight is 218 g/mol. The van der Waals surface area contributed by atoms with Gasteiger partial charge < -0.3 is 5.11 Å². The molecule has 2 rings (SSSR count). The highest BCUT2D eigenvalue weighted by Crippen LogP contribution is 2.19. The van der Waals surface area contributed by atoms with Gasteiger partial charge in [-0.25, -0.2) is 0 Å². The molecule has 1 unspecified atom stereocenters. The van der Waals surface area contributed by atoms with Crippen LogP contribution in [-0.2, 0) is 13.5 Å². The number of fused-ring (bicyclic) bond motifs is 1. The Labute approximate surface area is 95.7 Å². The summed E-state index contributed by atoms with van der Waals surface area (Å²) in [6, 6.07) is 8.22. The topological polar surface area (TPSA) is 38.1 Å². The van der Waals surface area contributed by atoms with Crippen LogP contribution < -0.4 is 0 Å². The number of benzene rings is 1. The minimum absolute atomic E-state index is 0.208. The largest absolute Gasteiger partial charge is 0.393 e. The standard InChI is InChI=1S/C13H18N2O/c1-3-10(16)8-9-12-11-6-4-5-7-13(11)15(2)14-12/h4-7,10,16H,3,8-9H2,1-2H3. The number of hydrogen-bond acceptors (Lipinski definition) is 2. The van der Waals surface area contributed by atoms with Gasteiger partial charge in [-0.15, -0.1) is 0 Å². The van der Waals surface area contributed by atoms with Gasteiger partial charge >= 0.3 is 0 Å². The maximum Gasteiger partial charge on any atom is 0.0704 e. The Kier molecular flexibility index (Phi) is 3.25. The minimum atomic E-state index is -0.208. The van der Waals surface area contributed by atoms with E-state index in [1.54, 1.807) is 0 Å². The van der Waals surface area contributed by atoms with Crippen molar-refractivity contribution in [3.63, 3.8) is 0 Å². The zero-order valence-electron chi connectivity index (χ0n) is 9.85. The molecule has 1 heterocycles. The van der Waals surface area contributed by atoms with Crippen molar-refractivity contribution in [2.75, 3.05) is 0 Å². The highest BCUT2D eigenvalue weighted by Gasteiger charge is 2.09. The lowest BCUT2D eigenvalue weighted by molar-refractivity contribution is 0.160. The van der Waals surface area contributed by atoms with E-state index in [9.17, 15) is 5.11 Å². The Hall–Kier alpha value is -1.35. The first-order valence-electron chi connectivity index (χ1n) is 5.81. The van der Waals surface area contributed by atoms with Crippen LogP contribution in [0.3, 0.4) is 0 Å². The van der Waals surface area contributed by atoms with Crippen LogP contribution in [0.4, 0.5) is 0 Å². The molecule has 0 saturated carbocycles. The molecule has 1 atom stereocenters. The number of aryl methyl sites for hydroxylation is 2. The molecule has 3 heteroatoms. The second-order valence-corrected chi connectivity index (χ2v) is 4.19. The molecule has 3 nitrogen and oxygen atoms in total. The molecular formula is C13H18N2O. The van der Waals surface area contributed by atoms with E-state index in [2.05, 4.69) is 17.2 Å². The number of hydrogen-bond donors (Lipinski definition) is 1. The summed E-state index contributed by atoms with van der Waals surface area (Å²) in [6.45, 7) is 2.00. The summed E-state index contributed by atoms with van der Waals surface area (Å²) >= 11 is 0. The maximum absolute atomic E-state index is 9.56. The Bertz CT molecular complexity index is 476. The molecular weight excluding hydrogens is 200 g/mol. The van der Waals surface area contributed by atoms with Crippen LogP contribution >= 0.6 is 0 Å². The van der Waals surface area contributed by atoms with Crippen LogP contribution in [0.5, 0.6) is 0 Å². The van der Waals surface area contributed by atoms with Gasteiger partial charge in [-0.05, 0) is 25.3 Å². The first-order chi connectivity index (χ1) is 7.72. The number of nitrogens with zero attached hydrogens (tertiary/aromatic N) is 2. The molecule has 0 bridgehead atoms. The van der Waals surface area contributed by atoms with Gasteiger partial charge in [0.25, 0.3) is 0 Å². The van der Waals surface area contributed by atoms with Gasteiger partial charge in [-0.3, -0.25) is 4.68 Å². The first kappa shape index (κ1) is 11.1. The van der Waals surface area contributed by atoms with Gasteiger partial charge in [0.05, 0.1) is 17.3 Å². The smallest absolute Gasteiger partial charge is 0.0704 e. The predicted molar refractivity (Wildman–Crippen MR) is 65.3 cm³/mol. The lowest BCUT2D eigenvalue weighted by Gasteiger charge is -2.05. The minimum Gasteiger partial charge on any atom is -0.393 e. The lowest BCUT2D eigenvalue weighted by atomic mass is 10.1. The SMILES string of the molecule is CCC(O)CCc1nn(C)c2ccccc12. The fraction of sp³-hybridized carbons (Fsp3) is 0.462. The maximum atomic E-state index is 9.56. The first-order valence-corrected chi connectivity index (χ1v) is 5.81. The summed E-state index contributed by atoms with van der Waals surface area (Å²) in [4.78, 5) is 0. The van der Waals surface area contributed by atoms with Crippen LogP contribution in [0.25, 0.3) is 10.9 Å². The van der Waals surface area contributed by atoms with Crippen LogP contribution in [0.2, 0.25) is 0 Å². The van der Waals surface area contributed by atoms with Gasteiger partial charge in [-0.2, -0.15) is 5.10 Å². The number of aliphatic hydroxyl groups is 1. The van der Waals surface area contributed by atoms with Gasteiger partial charge in [-0.1, -0.05) is 25.1 Å². The van der Waals surface area contributed by atoms with Crippen LogP contribution in [0.15, 0.2) is 24.3 Å². The van der Waals surface area contributed by atoms with Crippen molar-refractivity contribution in [2.24, 2.45) is 7.05 Å². The van der Waals surface area contributed by atoms with Crippen molar-refractivity contribution in [1.82, 2.24) is 9.78 Å². The van der Waals surface area contributed by atoms with Crippen molar-refractivity contribution in [2.45, 2.75) is 32.3 Å². The van der Waals surface area contributed by atoms with E-state index in [-0.39, 0.29) is 6.10 Å². The fourth-order valence-electron chi connectivity index (χ4n) is 1.98. The second-order valence-electron chi connectivity index (χ2n) is 4.19. The molecule has 0 spiro atoms. The Balaban J connectivity index is 2.24. The average Bonchev–Trinajstić information content (AvgIpc) is 2.64. The highest BCUT2D eigenvalue weighted by molar-refractivity contribution is 5.81. The number of aromatic nitrogens is 2. The van der Waals surface area contributed by atoms with Gasteiger partial charge in [0.15, 0.2) is 0 Å². The zero-order valence-corrected chi connectivity index (χ0v) is 9.85. The van der Waals surface area contributed by atoms with Crippen molar-refractivity contribution >= 4 is 10.9 Å². The molecule has 1 N–H and O–H groups in total. The van der Waals surface area contributed by atoms with E-state index in [4.69, 9.17) is 0 Å². The highest BCUT2D eigenvalue weighted by atomic mass is 16.3. The van der Waals surface area contributed by atoms with Crippen molar-refractivity contribution in [1.29, 1.82) is 0 Å². The normalized spacial score (nSPS) is 13.2. The fourth-order valence-corrected chi connectivity index (χ4v) is 1.98. The van der Waals surface area contributed by atoms with E-state index < -0.39 is 0 Å². The third kappa shape index (κ3) is 2.09. The molecule has 0 aliphatic heterocycles. The van der Waals surface area contributed by atoms with Crippen LogP contribution in [0, 0.1) is 0 Å². The lowest BCUT2D eigenvalue weighted by Crippen LogP contribution is -2.06. The van der Waals surface area contributed by atoms with E-state index >= 15 is 0 Å². The van der Waals surface area contributed by atoms with Crippen molar-refractivity contribution in [3.8, 4) is 0 Å². The van der Waals surface area contributed by atoms with Gasteiger partial charge in [0.1, 0.15) is 0 Å². The molecule has 2 aromatic rings. The quantitative estimate of drug-likeness (QED) is 0.855. The Morgan fingerprint density at radius 3 is 2.88 bits per heavy atom. The predicted octanol–water partition coefficient (Wildman–Crippen LogP) is 2.28. The molecule has 1 aromatic carbocycles. The van der Waals surface area contributed by atoms with E-state index in [1.807, 2.05) is 30.8 Å². The Morgan fingerprint density at radius 1 is 1.38 bits per heavy atom. The Morgan fingerprint density at radius 2 is 2.12 bits per heavy atom. The molecule has 0 radical (unpaired) electrons. The summed E-state index contributed by atoms with van der Waals surface area (Å²) in [6.07, 6.45) is 2.24. The van der Waals surface area contributed by atoms with E-state index in [0.29, 0.717) is 0 Å². The number of aliphatic hydroxyl groups excluding tert-OH is 1. The summed E-state index contributed by atoms with van der Waals surface area (Å²) < 4.78 is 1.91.